The molecule has 1 unspecified atom stereocenters. The first-order valence-electron chi connectivity index (χ1n) is 6.13. The largest absolute Gasteiger partial charge is 0.435 e. The van der Waals surface area contributed by atoms with Crippen LogP contribution in [-0.4, -0.2) is 56.2 Å². The Morgan fingerprint density at radius 1 is 0.789 bits per heavy atom. The van der Waals surface area contributed by atoms with E-state index in [9.17, 15) is 27.6 Å². The molecule has 0 amide bonds. The molecule has 0 radical (unpaired) electrons. The fourth-order valence-electron chi connectivity index (χ4n) is 3.77. The van der Waals surface area contributed by atoms with Gasteiger partial charge in [0.1, 0.15) is 0 Å². The lowest BCUT2D eigenvalue weighted by atomic mass is 10.5. The molecule has 0 bridgehead atoms. The SMILES string of the molecule is CC(F)C(F)(F)[Si]([Si](C)(C)O)([Si](C)(C)O)[Si](C)(C)O. The Bertz CT molecular complexity index is 295. The van der Waals surface area contributed by atoms with E-state index in [1.165, 1.54) is 39.3 Å². The Kier molecular flexibility index (Phi) is 5.21. The summed E-state index contributed by atoms with van der Waals surface area (Å²) in [5.74, 6) is 0. The van der Waals surface area contributed by atoms with Crippen molar-refractivity contribution in [1.82, 2.24) is 0 Å². The molecule has 116 valence electrons. The highest BCUT2D eigenvalue weighted by atomic mass is 29.9. The second-order valence-electron chi connectivity index (χ2n) is 6.67. The van der Waals surface area contributed by atoms with E-state index in [1.807, 2.05) is 0 Å². The molecule has 0 spiro atoms. The van der Waals surface area contributed by atoms with E-state index in [0.29, 0.717) is 0 Å². The lowest BCUT2D eigenvalue weighted by Gasteiger charge is -2.55. The summed E-state index contributed by atoms with van der Waals surface area (Å²) in [6.07, 6.45) is -2.49. The van der Waals surface area contributed by atoms with Gasteiger partial charge in [0.25, 0.3) is 5.55 Å². The number of hydrogen-bond acceptors (Lipinski definition) is 3. The van der Waals surface area contributed by atoms with Gasteiger partial charge in [-0.2, -0.15) is 0 Å². The zero-order valence-corrected chi connectivity index (χ0v) is 16.6. The molecule has 19 heavy (non-hydrogen) atoms. The van der Waals surface area contributed by atoms with Crippen LogP contribution in [0.4, 0.5) is 13.2 Å². The van der Waals surface area contributed by atoms with Gasteiger partial charge in [0.05, 0.1) is 0 Å². The summed E-state index contributed by atoms with van der Waals surface area (Å²) in [5, 5.41) is 0. The highest BCUT2D eigenvalue weighted by molar-refractivity contribution is 7.87. The third kappa shape index (κ3) is 2.80. The van der Waals surface area contributed by atoms with E-state index in [-0.39, 0.29) is 0 Å². The summed E-state index contributed by atoms with van der Waals surface area (Å²) in [5.41, 5.74) is -3.83. The number of hydrogen-bond donors (Lipinski definition) is 3. The van der Waals surface area contributed by atoms with Crippen LogP contribution < -0.4 is 0 Å². The van der Waals surface area contributed by atoms with Crippen LogP contribution >= 0.6 is 0 Å². The molecule has 0 aromatic heterocycles. The van der Waals surface area contributed by atoms with Crippen LogP contribution in [0.1, 0.15) is 6.92 Å². The fourth-order valence-corrected chi connectivity index (χ4v) is 74.3. The summed E-state index contributed by atoms with van der Waals surface area (Å²) < 4.78 is 42.9. The zero-order valence-electron chi connectivity index (χ0n) is 12.6. The van der Waals surface area contributed by atoms with Crippen LogP contribution in [0.15, 0.2) is 0 Å². The van der Waals surface area contributed by atoms with Crippen molar-refractivity contribution in [3.8, 4) is 0 Å². The minimum atomic E-state index is -4.32. The van der Waals surface area contributed by atoms with Gasteiger partial charge in [-0.1, -0.05) is 0 Å². The normalized spacial score (nSPS) is 17.5. The number of rotatable bonds is 5. The predicted molar refractivity (Wildman–Crippen MR) is 80.4 cm³/mol. The molecule has 0 heterocycles. The molecule has 3 nitrogen and oxygen atoms in total. The molecule has 0 aliphatic rings. The van der Waals surface area contributed by atoms with Crippen LogP contribution in [-0.2, 0) is 0 Å². The molecule has 0 aliphatic carbocycles. The second-order valence-corrected chi connectivity index (χ2v) is 40.4. The molecule has 1 atom stereocenters. The van der Waals surface area contributed by atoms with E-state index < -0.39 is 41.8 Å². The molecule has 0 aromatic carbocycles. The van der Waals surface area contributed by atoms with Crippen LogP contribution in [0.3, 0.4) is 0 Å². The van der Waals surface area contributed by atoms with E-state index in [0.717, 1.165) is 6.92 Å². The Morgan fingerprint density at radius 3 is 1.05 bits per heavy atom. The minimum Gasteiger partial charge on any atom is -0.435 e. The fraction of sp³-hybridized carbons (Fsp3) is 1.00. The van der Waals surface area contributed by atoms with E-state index in [2.05, 4.69) is 0 Å². The maximum absolute atomic E-state index is 14.7. The van der Waals surface area contributed by atoms with Gasteiger partial charge in [-0.05, 0) is 46.2 Å². The maximum atomic E-state index is 14.7. The standard InChI is InChI=1S/C9H25F3O3Si4/c1-8(10)9(11,12)19(16(2,3)13,17(4,5)14)18(6,7)15/h8,13-15H,1-7H3. The van der Waals surface area contributed by atoms with Crippen molar-refractivity contribution in [3.05, 3.63) is 0 Å². The van der Waals surface area contributed by atoms with Gasteiger partial charge in [-0.3, -0.25) is 0 Å². The van der Waals surface area contributed by atoms with Crippen molar-refractivity contribution in [2.75, 3.05) is 0 Å². The van der Waals surface area contributed by atoms with Crippen molar-refractivity contribution in [2.45, 2.75) is 57.9 Å². The Morgan fingerprint density at radius 2 is 1.00 bits per heavy atom. The highest BCUT2D eigenvalue weighted by Crippen LogP contribution is 2.46. The molecular weight excluding hydrogens is 325 g/mol. The van der Waals surface area contributed by atoms with Crippen molar-refractivity contribution >= 4 is 30.1 Å². The molecule has 0 fully saturated rings. The van der Waals surface area contributed by atoms with E-state index in [1.54, 1.807) is 0 Å². The molecule has 0 saturated carbocycles. The van der Waals surface area contributed by atoms with Crippen molar-refractivity contribution in [2.24, 2.45) is 0 Å². The number of alkyl halides is 3. The van der Waals surface area contributed by atoms with Gasteiger partial charge in [0, 0.05) is 0 Å². The van der Waals surface area contributed by atoms with Crippen molar-refractivity contribution in [3.63, 3.8) is 0 Å². The van der Waals surface area contributed by atoms with Crippen molar-refractivity contribution in [1.29, 1.82) is 0 Å². The van der Waals surface area contributed by atoms with Gasteiger partial charge < -0.3 is 14.4 Å². The lowest BCUT2D eigenvalue weighted by Crippen LogP contribution is -2.93. The van der Waals surface area contributed by atoms with Gasteiger partial charge in [-0.25, -0.2) is 13.2 Å². The molecule has 0 aromatic rings. The molecule has 10 heteroatoms. The molecule has 0 aliphatic heterocycles. The molecule has 0 saturated heterocycles. The summed E-state index contributed by atoms with van der Waals surface area (Å²) in [6.45, 7) is 4.20. The Labute approximate surface area is 116 Å². The van der Waals surface area contributed by atoms with E-state index in [4.69, 9.17) is 0 Å². The van der Waals surface area contributed by atoms with Gasteiger partial charge >= 0.3 is 0 Å². The Hall–Kier alpha value is 0.538. The van der Waals surface area contributed by atoms with Crippen LogP contribution in [0, 0.1) is 0 Å². The average Bonchev–Trinajstić information content (AvgIpc) is 1.92. The highest BCUT2D eigenvalue weighted by Gasteiger charge is 2.81. The maximum Gasteiger partial charge on any atom is 0.260 e. The van der Waals surface area contributed by atoms with Gasteiger partial charge in [-0.15, -0.1) is 0 Å². The van der Waals surface area contributed by atoms with Crippen LogP contribution in [0.5, 0.6) is 0 Å². The van der Waals surface area contributed by atoms with Gasteiger partial charge in [0.15, 0.2) is 29.7 Å². The summed E-state index contributed by atoms with van der Waals surface area (Å²) in [6, 6.07) is 0. The quantitative estimate of drug-likeness (QED) is 0.663. The monoisotopic (exact) mass is 350 g/mol. The first-order chi connectivity index (χ1) is 7.94. The van der Waals surface area contributed by atoms with Crippen LogP contribution in [0.2, 0.25) is 39.3 Å². The van der Waals surface area contributed by atoms with Crippen LogP contribution in [0.25, 0.3) is 0 Å². The molecule has 0 rings (SSSR count). The van der Waals surface area contributed by atoms with Crippen molar-refractivity contribution < 1.29 is 27.6 Å². The summed E-state index contributed by atoms with van der Waals surface area (Å²) in [7, 11) is -10.9. The second kappa shape index (κ2) is 5.07. The smallest absolute Gasteiger partial charge is 0.260 e. The first kappa shape index (κ1) is 19.5. The van der Waals surface area contributed by atoms with E-state index >= 15 is 0 Å². The first-order valence-corrected chi connectivity index (χ1v) is 20.0. The third-order valence-corrected chi connectivity index (χ3v) is 63.2. The average molecular weight is 351 g/mol. The molecular formula is C9H25F3O3Si4. The predicted octanol–water partition coefficient (Wildman–Crippen LogP) is 1.80. The summed E-state index contributed by atoms with van der Waals surface area (Å²) >= 11 is 0. The third-order valence-electron chi connectivity index (χ3n) is 3.75. The van der Waals surface area contributed by atoms with Gasteiger partial charge in [0.2, 0.25) is 6.63 Å². The summed E-state index contributed by atoms with van der Waals surface area (Å²) in [4.78, 5) is 31.5. The Balaban J connectivity index is 6.63. The zero-order chi connectivity index (χ0) is 16.1. The number of halogens is 3. The minimum absolute atomic E-state index is 0.738. The molecule has 3 N–H and O–H groups in total. The lowest BCUT2D eigenvalue weighted by molar-refractivity contribution is 0.00780. The topological polar surface area (TPSA) is 60.7 Å².